The maximum atomic E-state index is 12.0. The summed E-state index contributed by atoms with van der Waals surface area (Å²) in [4.78, 5) is 22.9. The SMILES string of the molecule is CC(C)(C)OC(=O)C(CN)c1cccc(C(=O)O)c1. The average molecular weight is 265 g/mol. The number of ether oxygens (including phenoxy) is 1. The topological polar surface area (TPSA) is 89.6 Å². The first-order chi connectivity index (χ1) is 8.74. The van der Waals surface area contributed by atoms with Crippen molar-refractivity contribution in [3.05, 3.63) is 35.4 Å². The number of carboxylic acid groups (broad SMARTS) is 1. The van der Waals surface area contributed by atoms with Crippen LogP contribution in [0.5, 0.6) is 0 Å². The Balaban J connectivity index is 3.00. The predicted octanol–water partition coefficient (Wildman–Crippen LogP) is 1.77. The van der Waals surface area contributed by atoms with Crippen LogP contribution in [0, 0.1) is 0 Å². The van der Waals surface area contributed by atoms with Gasteiger partial charge in [-0.3, -0.25) is 4.79 Å². The lowest BCUT2D eigenvalue weighted by Crippen LogP contribution is -2.31. The van der Waals surface area contributed by atoms with E-state index in [2.05, 4.69) is 0 Å². The molecular weight excluding hydrogens is 246 g/mol. The van der Waals surface area contributed by atoms with Gasteiger partial charge in [-0.2, -0.15) is 0 Å². The van der Waals surface area contributed by atoms with Gasteiger partial charge in [-0.25, -0.2) is 4.79 Å². The molecule has 0 aliphatic heterocycles. The Morgan fingerprint density at radius 3 is 2.47 bits per heavy atom. The number of rotatable bonds is 4. The van der Waals surface area contributed by atoms with E-state index in [-0.39, 0.29) is 12.1 Å². The zero-order valence-corrected chi connectivity index (χ0v) is 11.3. The molecule has 5 heteroatoms. The quantitative estimate of drug-likeness (QED) is 0.810. The summed E-state index contributed by atoms with van der Waals surface area (Å²) in [6, 6.07) is 6.18. The number of benzene rings is 1. The fourth-order valence-electron chi connectivity index (χ4n) is 1.63. The Morgan fingerprint density at radius 1 is 1.37 bits per heavy atom. The van der Waals surface area contributed by atoms with Gasteiger partial charge in [0.05, 0.1) is 11.5 Å². The summed E-state index contributed by atoms with van der Waals surface area (Å²) in [7, 11) is 0. The second-order valence-electron chi connectivity index (χ2n) is 5.25. The molecule has 3 N–H and O–H groups in total. The molecule has 1 unspecified atom stereocenters. The first kappa shape index (κ1) is 15.2. The van der Waals surface area contributed by atoms with Gasteiger partial charge in [-0.1, -0.05) is 12.1 Å². The molecule has 1 atom stereocenters. The number of esters is 1. The number of hydrogen-bond acceptors (Lipinski definition) is 4. The minimum atomic E-state index is -1.04. The Hall–Kier alpha value is -1.88. The van der Waals surface area contributed by atoms with Gasteiger partial charge in [-0.15, -0.1) is 0 Å². The van der Waals surface area contributed by atoms with Crippen molar-refractivity contribution in [2.45, 2.75) is 32.3 Å². The smallest absolute Gasteiger partial charge is 0.335 e. The summed E-state index contributed by atoms with van der Waals surface area (Å²) in [5.74, 6) is -2.14. The molecule has 0 amide bonds. The van der Waals surface area contributed by atoms with Gasteiger partial charge in [0.15, 0.2) is 0 Å². The van der Waals surface area contributed by atoms with Gasteiger partial charge in [-0.05, 0) is 38.5 Å². The summed E-state index contributed by atoms with van der Waals surface area (Å²) in [5.41, 5.74) is 5.68. The number of carbonyl (C=O) groups excluding carboxylic acids is 1. The summed E-state index contributed by atoms with van der Waals surface area (Å²) in [6.07, 6.45) is 0. The maximum absolute atomic E-state index is 12.0. The van der Waals surface area contributed by atoms with Crippen LogP contribution >= 0.6 is 0 Å². The van der Waals surface area contributed by atoms with Gasteiger partial charge in [0.25, 0.3) is 0 Å². The molecule has 1 rings (SSSR count). The van der Waals surface area contributed by atoms with Crippen LogP contribution < -0.4 is 5.73 Å². The molecule has 1 aromatic carbocycles. The van der Waals surface area contributed by atoms with Crippen molar-refractivity contribution in [3.8, 4) is 0 Å². The average Bonchev–Trinajstić information content (AvgIpc) is 2.27. The summed E-state index contributed by atoms with van der Waals surface area (Å²) < 4.78 is 5.28. The molecule has 0 radical (unpaired) electrons. The third-order valence-electron chi connectivity index (χ3n) is 2.46. The van der Waals surface area contributed by atoms with Crippen LogP contribution in [0.4, 0.5) is 0 Å². The van der Waals surface area contributed by atoms with E-state index in [4.69, 9.17) is 15.6 Å². The summed E-state index contributed by atoms with van der Waals surface area (Å²) in [5, 5.41) is 8.94. The Bertz CT molecular complexity index is 477. The molecule has 0 saturated heterocycles. The third kappa shape index (κ3) is 4.37. The highest BCUT2D eigenvalue weighted by molar-refractivity contribution is 5.88. The van der Waals surface area contributed by atoms with Crippen LogP contribution in [0.1, 0.15) is 42.6 Å². The van der Waals surface area contributed by atoms with Gasteiger partial charge in [0.2, 0.25) is 0 Å². The molecule has 0 bridgehead atoms. The minimum Gasteiger partial charge on any atom is -0.478 e. The van der Waals surface area contributed by atoms with Crippen molar-refractivity contribution in [1.82, 2.24) is 0 Å². The zero-order chi connectivity index (χ0) is 14.6. The molecule has 0 aromatic heterocycles. The molecular formula is C14H19NO4. The molecule has 1 aromatic rings. The number of aromatic carboxylic acids is 1. The first-order valence-electron chi connectivity index (χ1n) is 6.01. The number of hydrogen-bond donors (Lipinski definition) is 2. The van der Waals surface area contributed by atoms with Crippen molar-refractivity contribution in [2.24, 2.45) is 5.73 Å². The van der Waals surface area contributed by atoms with Gasteiger partial charge >= 0.3 is 11.9 Å². The van der Waals surface area contributed by atoms with Crippen molar-refractivity contribution in [1.29, 1.82) is 0 Å². The Kier molecular flexibility index (Phi) is 4.67. The number of nitrogens with two attached hydrogens (primary N) is 1. The standard InChI is InChI=1S/C14H19NO4/c1-14(2,3)19-13(18)11(8-15)9-5-4-6-10(7-9)12(16)17/h4-7,11H,8,15H2,1-3H3,(H,16,17). The lowest BCUT2D eigenvalue weighted by atomic mass is 9.97. The molecule has 0 saturated carbocycles. The highest BCUT2D eigenvalue weighted by atomic mass is 16.6. The largest absolute Gasteiger partial charge is 0.478 e. The lowest BCUT2D eigenvalue weighted by Gasteiger charge is -2.23. The van der Waals surface area contributed by atoms with Crippen LogP contribution in [0.15, 0.2) is 24.3 Å². The maximum Gasteiger partial charge on any atom is 0.335 e. The van der Waals surface area contributed by atoms with Crippen molar-refractivity contribution < 1.29 is 19.4 Å². The molecule has 0 heterocycles. The van der Waals surface area contributed by atoms with E-state index in [0.717, 1.165) is 0 Å². The normalized spacial score (nSPS) is 12.8. The van der Waals surface area contributed by atoms with Crippen molar-refractivity contribution >= 4 is 11.9 Å². The first-order valence-corrected chi connectivity index (χ1v) is 6.01. The van der Waals surface area contributed by atoms with E-state index in [1.54, 1.807) is 32.9 Å². The van der Waals surface area contributed by atoms with E-state index < -0.39 is 23.5 Å². The zero-order valence-electron chi connectivity index (χ0n) is 11.3. The predicted molar refractivity (Wildman–Crippen MR) is 71.0 cm³/mol. The van der Waals surface area contributed by atoms with Crippen molar-refractivity contribution in [2.75, 3.05) is 6.54 Å². The number of carbonyl (C=O) groups is 2. The van der Waals surface area contributed by atoms with Gasteiger partial charge < -0.3 is 15.6 Å². The second kappa shape index (κ2) is 5.84. The molecule has 0 aliphatic rings. The Labute approximate surface area is 112 Å². The van der Waals surface area contributed by atoms with Crippen LogP contribution in [0.3, 0.4) is 0 Å². The molecule has 5 nitrogen and oxygen atoms in total. The van der Waals surface area contributed by atoms with Crippen LogP contribution in [-0.2, 0) is 9.53 Å². The molecule has 19 heavy (non-hydrogen) atoms. The highest BCUT2D eigenvalue weighted by Crippen LogP contribution is 2.21. The molecule has 104 valence electrons. The minimum absolute atomic E-state index is 0.0674. The summed E-state index contributed by atoms with van der Waals surface area (Å²) >= 11 is 0. The van der Waals surface area contributed by atoms with Gasteiger partial charge in [0, 0.05) is 6.54 Å². The fourth-order valence-corrected chi connectivity index (χ4v) is 1.63. The summed E-state index contributed by atoms with van der Waals surface area (Å²) in [6.45, 7) is 5.38. The molecule has 0 spiro atoms. The van der Waals surface area contributed by atoms with Gasteiger partial charge in [0.1, 0.15) is 5.60 Å². The molecule has 0 fully saturated rings. The van der Waals surface area contributed by atoms with E-state index in [1.165, 1.54) is 12.1 Å². The Morgan fingerprint density at radius 2 is 2.00 bits per heavy atom. The van der Waals surface area contributed by atoms with Crippen LogP contribution in [0.2, 0.25) is 0 Å². The number of carboxylic acids is 1. The lowest BCUT2D eigenvalue weighted by molar-refractivity contribution is -0.156. The van der Waals surface area contributed by atoms with Crippen molar-refractivity contribution in [3.63, 3.8) is 0 Å². The highest BCUT2D eigenvalue weighted by Gasteiger charge is 2.26. The third-order valence-corrected chi connectivity index (χ3v) is 2.46. The van der Waals surface area contributed by atoms with E-state index >= 15 is 0 Å². The van der Waals surface area contributed by atoms with Crippen LogP contribution in [0.25, 0.3) is 0 Å². The van der Waals surface area contributed by atoms with E-state index in [0.29, 0.717) is 5.56 Å². The van der Waals surface area contributed by atoms with Crippen LogP contribution in [-0.4, -0.2) is 29.2 Å². The van der Waals surface area contributed by atoms with E-state index in [1.807, 2.05) is 0 Å². The van der Waals surface area contributed by atoms with E-state index in [9.17, 15) is 9.59 Å². The molecule has 0 aliphatic carbocycles. The monoisotopic (exact) mass is 265 g/mol. The fraction of sp³-hybridized carbons (Fsp3) is 0.429. The second-order valence-corrected chi connectivity index (χ2v) is 5.25.